The number of hydrogen-bond acceptors (Lipinski definition) is 1. The van der Waals surface area contributed by atoms with E-state index < -0.39 is 5.41 Å². The number of carbonyl (C=O) groups excluding carboxylic acids is 1. The second-order valence-corrected chi connectivity index (χ2v) is 5.85. The molecule has 0 bridgehead atoms. The van der Waals surface area contributed by atoms with Gasteiger partial charge in [-0.05, 0) is 43.7 Å². The smallest absolute Gasteiger partial charge is 0.174 e. The number of Topliss-reactive ketones (excluding diaryl/α,β-unsaturated/α-hetero) is 1. The van der Waals surface area contributed by atoms with Gasteiger partial charge in [0.25, 0.3) is 0 Å². The average molecular weight is 311 g/mol. The van der Waals surface area contributed by atoms with Gasteiger partial charge in [-0.2, -0.15) is 0 Å². The summed E-state index contributed by atoms with van der Waals surface area (Å²) in [7, 11) is 0. The van der Waals surface area contributed by atoms with E-state index in [1.807, 2.05) is 0 Å². The second-order valence-electron chi connectivity index (χ2n) is 5.06. The quantitative estimate of drug-likeness (QED) is 0.704. The Balaban J connectivity index is 2.45. The molecule has 0 heterocycles. The predicted molar refractivity (Wildman–Crippen MR) is 80.2 cm³/mol. The van der Waals surface area contributed by atoms with Crippen LogP contribution in [-0.4, -0.2) is 5.78 Å². The van der Waals surface area contributed by atoms with E-state index in [4.69, 9.17) is 23.2 Å². The van der Waals surface area contributed by atoms with Gasteiger partial charge in [-0.15, -0.1) is 0 Å². The molecule has 0 spiro atoms. The monoisotopic (exact) mass is 310 g/mol. The van der Waals surface area contributed by atoms with Crippen molar-refractivity contribution in [1.29, 1.82) is 0 Å². The van der Waals surface area contributed by atoms with Crippen LogP contribution < -0.4 is 0 Å². The molecule has 0 N–H and O–H groups in total. The molecule has 0 atom stereocenters. The van der Waals surface area contributed by atoms with Gasteiger partial charge in [-0.3, -0.25) is 4.79 Å². The average Bonchev–Trinajstić information content (AvgIpc) is 2.41. The summed E-state index contributed by atoms with van der Waals surface area (Å²) in [6, 6.07) is 10.8. The Bertz CT molecular complexity index is 648. The molecule has 0 aliphatic rings. The molecule has 2 rings (SSSR count). The minimum atomic E-state index is -0.817. The van der Waals surface area contributed by atoms with Crippen LogP contribution in [0.1, 0.15) is 29.8 Å². The first-order chi connectivity index (χ1) is 9.34. The maximum absolute atomic E-state index is 13.0. The number of carbonyl (C=O) groups is 1. The third-order valence-corrected chi connectivity index (χ3v) is 4.15. The topological polar surface area (TPSA) is 17.1 Å². The SMILES string of the molecule is CC(C)(C(=O)c1cccc(Cl)c1Cl)c1ccc(F)cc1. The van der Waals surface area contributed by atoms with Crippen molar-refractivity contribution in [2.75, 3.05) is 0 Å². The highest BCUT2D eigenvalue weighted by atomic mass is 35.5. The summed E-state index contributed by atoms with van der Waals surface area (Å²) in [4.78, 5) is 12.7. The molecular formula is C16H13Cl2FO. The van der Waals surface area contributed by atoms with Crippen molar-refractivity contribution in [2.45, 2.75) is 19.3 Å². The van der Waals surface area contributed by atoms with Crippen molar-refractivity contribution < 1.29 is 9.18 Å². The molecule has 0 unspecified atom stereocenters. The summed E-state index contributed by atoms with van der Waals surface area (Å²) in [5.74, 6) is -0.491. The fraction of sp³-hybridized carbons (Fsp3) is 0.188. The van der Waals surface area contributed by atoms with E-state index in [1.165, 1.54) is 12.1 Å². The molecule has 0 amide bonds. The molecule has 2 aromatic carbocycles. The molecule has 0 radical (unpaired) electrons. The Morgan fingerprint density at radius 2 is 1.65 bits per heavy atom. The molecule has 20 heavy (non-hydrogen) atoms. The number of halogens is 3. The first-order valence-corrected chi connectivity index (χ1v) is 6.84. The maximum atomic E-state index is 13.0. The summed E-state index contributed by atoms with van der Waals surface area (Å²) >= 11 is 12.0. The second kappa shape index (κ2) is 5.55. The van der Waals surface area contributed by atoms with Crippen molar-refractivity contribution >= 4 is 29.0 Å². The van der Waals surface area contributed by atoms with Crippen LogP contribution in [0.15, 0.2) is 42.5 Å². The summed E-state index contributed by atoms with van der Waals surface area (Å²) < 4.78 is 13.0. The van der Waals surface area contributed by atoms with Gasteiger partial charge in [0, 0.05) is 5.56 Å². The molecular weight excluding hydrogens is 298 g/mol. The zero-order valence-electron chi connectivity index (χ0n) is 11.1. The van der Waals surface area contributed by atoms with Gasteiger partial charge >= 0.3 is 0 Å². The largest absolute Gasteiger partial charge is 0.293 e. The van der Waals surface area contributed by atoms with Gasteiger partial charge in [0.1, 0.15) is 5.82 Å². The molecule has 0 saturated heterocycles. The van der Waals surface area contributed by atoms with Crippen molar-refractivity contribution in [2.24, 2.45) is 0 Å². The predicted octanol–water partition coefficient (Wildman–Crippen LogP) is 5.29. The summed E-state index contributed by atoms with van der Waals surface area (Å²) in [5, 5.41) is 0.585. The van der Waals surface area contributed by atoms with E-state index in [0.717, 1.165) is 5.56 Å². The van der Waals surface area contributed by atoms with Crippen LogP contribution in [0.25, 0.3) is 0 Å². The van der Waals surface area contributed by atoms with E-state index in [-0.39, 0.29) is 16.6 Å². The van der Waals surface area contributed by atoms with Crippen molar-refractivity contribution in [3.63, 3.8) is 0 Å². The summed E-state index contributed by atoms with van der Waals surface area (Å²) in [6.07, 6.45) is 0. The molecule has 0 fully saturated rings. The number of ketones is 1. The lowest BCUT2D eigenvalue weighted by atomic mass is 9.78. The zero-order chi connectivity index (χ0) is 14.9. The van der Waals surface area contributed by atoms with Gasteiger partial charge in [-0.1, -0.05) is 41.4 Å². The van der Waals surface area contributed by atoms with Crippen LogP contribution in [0, 0.1) is 5.82 Å². The van der Waals surface area contributed by atoms with E-state index in [1.54, 1.807) is 44.2 Å². The van der Waals surface area contributed by atoms with Gasteiger partial charge in [0.15, 0.2) is 5.78 Å². The third kappa shape index (κ3) is 2.72. The van der Waals surface area contributed by atoms with Crippen LogP contribution >= 0.6 is 23.2 Å². The van der Waals surface area contributed by atoms with E-state index in [2.05, 4.69) is 0 Å². The van der Waals surface area contributed by atoms with Gasteiger partial charge in [0.05, 0.1) is 15.5 Å². The normalized spacial score (nSPS) is 11.4. The lowest BCUT2D eigenvalue weighted by Gasteiger charge is -2.24. The molecule has 1 nitrogen and oxygen atoms in total. The maximum Gasteiger partial charge on any atom is 0.174 e. The molecule has 104 valence electrons. The molecule has 4 heteroatoms. The lowest BCUT2D eigenvalue weighted by molar-refractivity contribution is 0.0909. The highest BCUT2D eigenvalue weighted by molar-refractivity contribution is 6.44. The van der Waals surface area contributed by atoms with Crippen LogP contribution in [-0.2, 0) is 5.41 Å². The minimum Gasteiger partial charge on any atom is -0.293 e. The highest BCUT2D eigenvalue weighted by Crippen LogP contribution is 2.33. The van der Waals surface area contributed by atoms with Crippen LogP contribution in [0.3, 0.4) is 0 Å². The fourth-order valence-corrected chi connectivity index (χ4v) is 2.40. The lowest BCUT2D eigenvalue weighted by Crippen LogP contribution is -2.29. The minimum absolute atomic E-state index is 0.156. The van der Waals surface area contributed by atoms with Gasteiger partial charge in [0.2, 0.25) is 0 Å². The standard InChI is InChI=1S/C16H13Cl2FO/c1-16(2,10-6-8-11(19)9-7-10)15(20)12-4-3-5-13(17)14(12)18/h3-9H,1-2H3. The van der Waals surface area contributed by atoms with Crippen molar-refractivity contribution in [1.82, 2.24) is 0 Å². The molecule has 0 aromatic heterocycles. The highest BCUT2D eigenvalue weighted by Gasteiger charge is 2.32. The van der Waals surface area contributed by atoms with Crippen molar-refractivity contribution in [3.05, 3.63) is 69.5 Å². The van der Waals surface area contributed by atoms with E-state index >= 15 is 0 Å². The number of rotatable bonds is 3. The molecule has 2 aromatic rings. The summed E-state index contributed by atoms with van der Waals surface area (Å²) in [6.45, 7) is 3.56. The molecule has 0 aliphatic heterocycles. The number of hydrogen-bond donors (Lipinski definition) is 0. The third-order valence-electron chi connectivity index (χ3n) is 3.33. The Kier molecular flexibility index (Phi) is 4.17. The molecule has 0 aliphatic carbocycles. The van der Waals surface area contributed by atoms with E-state index in [0.29, 0.717) is 10.6 Å². The van der Waals surface area contributed by atoms with E-state index in [9.17, 15) is 9.18 Å². The molecule has 0 saturated carbocycles. The first kappa shape index (κ1) is 15.0. The Hall–Kier alpha value is -1.38. The number of benzene rings is 2. The Morgan fingerprint density at radius 1 is 1.05 bits per heavy atom. The van der Waals surface area contributed by atoms with Crippen LogP contribution in [0.2, 0.25) is 10.0 Å². The van der Waals surface area contributed by atoms with Gasteiger partial charge in [-0.25, -0.2) is 4.39 Å². The van der Waals surface area contributed by atoms with Crippen molar-refractivity contribution in [3.8, 4) is 0 Å². The summed E-state index contributed by atoms with van der Waals surface area (Å²) in [5.41, 5.74) is 0.274. The van der Waals surface area contributed by atoms with Gasteiger partial charge < -0.3 is 0 Å². The fourth-order valence-electron chi connectivity index (χ4n) is 2.01. The van der Waals surface area contributed by atoms with Crippen LogP contribution in [0.5, 0.6) is 0 Å². The Labute approximate surface area is 127 Å². The van der Waals surface area contributed by atoms with Crippen LogP contribution in [0.4, 0.5) is 4.39 Å². The zero-order valence-corrected chi connectivity index (χ0v) is 12.6. The first-order valence-electron chi connectivity index (χ1n) is 6.09. The Morgan fingerprint density at radius 3 is 2.25 bits per heavy atom.